The smallest absolute Gasteiger partial charge is 0.338 e. The molecule has 3 aromatic carbocycles. The molecule has 0 unspecified atom stereocenters. The van der Waals surface area contributed by atoms with Crippen LogP contribution >= 0.6 is 0 Å². The molecule has 1 saturated heterocycles. The summed E-state index contributed by atoms with van der Waals surface area (Å²) in [5, 5.41) is 2.70. The minimum atomic E-state index is -1.05. The maximum absolute atomic E-state index is 13.4. The van der Waals surface area contributed by atoms with Crippen LogP contribution in [0.4, 0.5) is 20.6 Å². The van der Waals surface area contributed by atoms with E-state index in [-0.39, 0.29) is 19.6 Å². The van der Waals surface area contributed by atoms with Crippen molar-refractivity contribution in [1.29, 1.82) is 0 Å². The van der Waals surface area contributed by atoms with Gasteiger partial charge in [0.1, 0.15) is 11.9 Å². The molecule has 1 N–H and O–H groups in total. The molecule has 1 fully saturated rings. The predicted octanol–water partition coefficient (Wildman–Crippen LogP) is 4.37. The highest BCUT2D eigenvalue weighted by Gasteiger charge is 2.46. The molecule has 184 valence electrons. The third-order valence-electron chi connectivity index (χ3n) is 5.66. The number of nitrogens with zero attached hydrogens (tertiary/aromatic N) is 2. The first-order valence-electron chi connectivity index (χ1n) is 11.4. The fraction of sp³-hybridized carbons (Fsp3) is 0.185. The average Bonchev–Trinajstić information content (AvgIpc) is 3.10. The van der Waals surface area contributed by atoms with Crippen LogP contribution in [0, 0.1) is 5.82 Å². The zero-order valence-corrected chi connectivity index (χ0v) is 19.5. The van der Waals surface area contributed by atoms with Gasteiger partial charge in [0, 0.05) is 12.2 Å². The Kier molecular flexibility index (Phi) is 7.39. The monoisotopic (exact) mass is 489 g/mol. The summed E-state index contributed by atoms with van der Waals surface area (Å²) in [6.45, 7) is 1.99. The largest absolute Gasteiger partial charge is 0.462 e. The van der Waals surface area contributed by atoms with Crippen molar-refractivity contribution >= 4 is 35.2 Å². The van der Waals surface area contributed by atoms with Gasteiger partial charge in [0.25, 0.3) is 5.91 Å². The summed E-state index contributed by atoms with van der Waals surface area (Å²) in [5.41, 5.74) is 1.78. The zero-order chi connectivity index (χ0) is 25.7. The van der Waals surface area contributed by atoms with Crippen LogP contribution in [0.15, 0.2) is 78.9 Å². The lowest BCUT2D eigenvalue weighted by atomic mass is 10.1. The third-order valence-corrected chi connectivity index (χ3v) is 5.66. The van der Waals surface area contributed by atoms with Crippen molar-refractivity contribution in [3.8, 4) is 0 Å². The van der Waals surface area contributed by atoms with E-state index in [2.05, 4.69) is 5.32 Å². The summed E-state index contributed by atoms with van der Waals surface area (Å²) in [6, 6.07) is 18.6. The Morgan fingerprint density at radius 2 is 1.61 bits per heavy atom. The number of benzene rings is 3. The van der Waals surface area contributed by atoms with Crippen molar-refractivity contribution in [2.24, 2.45) is 0 Å². The summed E-state index contributed by atoms with van der Waals surface area (Å²) >= 11 is 0. The molecular weight excluding hydrogens is 465 g/mol. The number of para-hydroxylation sites is 1. The van der Waals surface area contributed by atoms with Crippen LogP contribution in [0.2, 0.25) is 0 Å². The first-order chi connectivity index (χ1) is 17.4. The number of hydrogen-bond donors (Lipinski definition) is 1. The Balaban J connectivity index is 1.53. The second kappa shape index (κ2) is 10.8. The SMILES string of the molecule is CCOC(=O)c1ccc(NC(=O)C[C@@H]2C(=O)N(c3ccccc3)C(=O)N2Cc2ccc(F)cc2)cc1. The van der Waals surface area contributed by atoms with Crippen molar-refractivity contribution < 1.29 is 28.3 Å². The van der Waals surface area contributed by atoms with Gasteiger partial charge in [0.2, 0.25) is 5.91 Å². The Morgan fingerprint density at radius 3 is 2.25 bits per heavy atom. The minimum Gasteiger partial charge on any atom is -0.462 e. The van der Waals surface area contributed by atoms with Gasteiger partial charge < -0.3 is 15.0 Å². The van der Waals surface area contributed by atoms with E-state index in [1.54, 1.807) is 49.4 Å². The quantitative estimate of drug-likeness (QED) is 0.375. The molecule has 1 heterocycles. The topological polar surface area (TPSA) is 96.0 Å². The minimum absolute atomic E-state index is 0.0281. The normalized spacial score (nSPS) is 15.2. The predicted molar refractivity (Wildman–Crippen MR) is 131 cm³/mol. The summed E-state index contributed by atoms with van der Waals surface area (Å²) in [6.07, 6.45) is -0.283. The van der Waals surface area contributed by atoms with Gasteiger partial charge in [0.15, 0.2) is 0 Å². The average molecular weight is 490 g/mol. The van der Waals surface area contributed by atoms with Crippen molar-refractivity contribution in [3.05, 3.63) is 95.8 Å². The highest BCUT2D eigenvalue weighted by Crippen LogP contribution is 2.28. The zero-order valence-electron chi connectivity index (χ0n) is 19.5. The molecule has 0 radical (unpaired) electrons. The Bertz CT molecular complexity index is 1260. The van der Waals surface area contributed by atoms with Gasteiger partial charge in [-0.25, -0.2) is 18.9 Å². The lowest BCUT2D eigenvalue weighted by Gasteiger charge is -2.21. The number of hydrogen-bond acceptors (Lipinski definition) is 5. The highest BCUT2D eigenvalue weighted by molar-refractivity contribution is 6.22. The Labute approximate surface area is 207 Å². The number of carbonyl (C=O) groups is 4. The van der Waals surface area contributed by atoms with Gasteiger partial charge in [-0.05, 0) is 61.0 Å². The molecule has 8 nitrogen and oxygen atoms in total. The van der Waals surface area contributed by atoms with E-state index in [0.29, 0.717) is 22.5 Å². The molecule has 1 atom stereocenters. The molecule has 0 spiro atoms. The number of imide groups is 1. The van der Waals surface area contributed by atoms with E-state index in [1.165, 1.54) is 41.3 Å². The number of amides is 4. The first kappa shape index (κ1) is 24.6. The maximum Gasteiger partial charge on any atom is 0.338 e. The third kappa shape index (κ3) is 5.41. The van der Waals surface area contributed by atoms with Gasteiger partial charge in [-0.15, -0.1) is 0 Å². The van der Waals surface area contributed by atoms with Gasteiger partial charge in [0.05, 0.1) is 24.3 Å². The molecule has 9 heteroatoms. The van der Waals surface area contributed by atoms with E-state index in [0.717, 1.165) is 4.90 Å². The molecule has 0 bridgehead atoms. The van der Waals surface area contributed by atoms with Gasteiger partial charge in [-0.1, -0.05) is 30.3 Å². The number of halogens is 1. The van der Waals surface area contributed by atoms with Crippen molar-refractivity contribution in [3.63, 3.8) is 0 Å². The van der Waals surface area contributed by atoms with Crippen LogP contribution in [-0.4, -0.2) is 41.4 Å². The number of nitrogens with one attached hydrogen (secondary N) is 1. The Hall–Kier alpha value is -4.53. The van der Waals surface area contributed by atoms with Crippen LogP contribution in [0.5, 0.6) is 0 Å². The number of carbonyl (C=O) groups excluding carboxylic acids is 4. The van der Waals surface area contributed by atoms with E-state index in [9.17, 15) is 23.6 Å². The number of urea groups is 1. The second-order valence-electron chi connectivity index (χ2n) is 8.11. The van der Waals surface area contributed by atoms with Crippen molar-refractivity contribution in [2.45, 2.75) is 25.9 Å². The second-order valence-corrected chi connectivity index (χ2v) is 8.11. The molecule has 0 saturated carbocycles. The van der Waals surface area contributed by atoms with E-state index >= 15 is 0 Å². The van der Waals surface area contributed by atoms with Crippen LogP contribution in [-0.2, 0) is 20.9 Å². The summed E-state index contributed by atoms with van der Waals surface area (Å²) in [7, 11) is 0. The van der Waals surface area contributed by atoms with E-state index in [4.69, 9.17) is 4.74 Å². The standard InChI is InChI=1S/C27H24FN3O5/c1-2-36-26(34)19-10-14-21(15-11-19)29-24(32)16-23-25(33)31(22-6-4-3-5-7-22)27(35)30(23)17-18-8-12-20(28)13-9-18/h3-15,23H,2,16-17H2,1H3,(H,29,32)/t23-/m1/s1. The Morgan fingerprint density at radius 1 is 0.944 bits per heavy atom. The van der Waals surface area contributed by atoms with Crippen LogP contribution in [0.1, 0.15) is 29.3 Å². The van der Waals surface area contributed by atoms with Crippen molar-refractivity contribution in [1.82, 2.24) is 4.90 Å². The molecule has 4 rings (SSSR count). The summed E-state index contributed by atoms with van der Waals surface area (Å²) < 4.78 is 18.3. The number of ether oxygens (including phenoxy) is 1. The molecule has 36 heavy (non-hydrogen) atoms. The molecule has 1 aliphatic heterocycles. The molecule has 0 aliphatic carbocycles. The summed E-state index contributed by atoms with van der Waals surface area (Å²) in [5.74, 6) is -1.90. The molecular formula is C27H24FN3O5. The fourth-order valence-electron chi connectivity index (χ4n) is 3.91. The van der Waals surface area contributed by atoms with Crippen LogP contribution < -0.4 is 10.2 Å². The van der Waals surface area contributed by atoms with Crippen LogP contribution in [0.25, 0.3) is 0 Å². The van der Waals surface area contributed by atoms with Gasteiger partial charge >= 0.3 is 12.0 Å². The first-order valence-corrected chi connectivity index (χ1v) is 11.4. The molecule has 1 aliphatic rings. The van der Waals surface area contributed by atoms with E-state index in [1.807, 2.05) is 0 Å². The maximum atomic E-state index is 13.4. The summed E-state index contributed by atoms with van der Waals surface area (Å²) in [4.78, 5) is 53.6. The van der Waals surface area contributed by atoms with Crippen molar-refractivity contribution in [2.75, 3.05) is 16.8 Å². The molecule has 3 aromatic rings. The lowest BCUT2D eigenvalue weighted by Crippen LogP contribution is -2.37. The van der Waals surface area contributed by atoms with Gasteiger partial charge in [-0.3, -0.25) is 9.59 Å². The number of rotatable bonds is 8. The molecule has 0 aromatic heterocycles. The molecule has 4 amide bonds. The van der Waals surface area contributed by atoms with E-state index < -0.39 is 35.7 Å². The lowest BCUT2D eigenvalue weighted by molar-refractivity contribution is -0.124. The number of esters is 1. The van der Waals surface area contributed by atoms with Gasteiger partial charge in [-0.2, -0.15) is 0 Å². The highest BCUT2D eigenvalue weighted by atomic mass is 19.1. The number of anilines is 2. The van der Waals surface area contributed by atoms with Crippen LogP contribution in [0.3, 0.4) is 0 Å². The fourth-order valence-corrected chi connectivity index (χ4v) is 3.91.